The fourth-order valence-corrected chi connectivity index (χ4v) is 6.98. The number of nitrogens with two attached hydrogens (primary N) is 1. The monoisotopic (exact) mass is 490 g/mol. The predicted molar refractivity (Wildman–Crippen MR) is 139 cm³/mol. The van der Waals surface area contributed by atoms with Crippen molar-refractivity contribution in [3.8, 4) is 0 Å². The molecule has 0 amide bonds. The summed E-state index contributed by atoms with van der Waals surface area (Å²) < 4.78 is 11.9. The Kier molecular flexibility index (Phi) is 9.15. The fraction of sp³-hybridized carbons (Fsp3) is 0.769. The lowest BCUT2D eigenvalue weighted by molar-refractivity contribution is -0.108. The van der Waals surface area contributed by atoms with Gasteiger partial charge in [-0.05, 0) is 63.0 Å². The van der Waals surface area contributed by atoms with E-state index in [1.54, 1.807) is 0 Å². The highest BCUT2D eigenvalue weighted by molar-refractivity contribution is 7.12. The van der Waals surface area contributed by atoms with Gasteiger partial charge in [-0.25, -0.2) is 0 Å². The number of fused-ring (bicyclic) bond motifs is 2. The molecule has 3 atom stereocenters. The van der Waals surface area contributed by atoms with Gasteiger partial charge in [0.05, 0.1) is 17.9 Å². The molecule has 2 saturated heterocycles. The molecule has 4 heterocycles. The average Bonchev–Trinajstić information content (AvgIpc) is 3.30. The second kappa shape index (κ2) is 12.1. The van der Waals surface area contributed by atoms with Gasteiger partial charge in [0.15, 0.2) is 0 Å². The molecule has 7 nitrogen and oxygen atoms in total. The number of aryl methyl sites for hydroxylation is 1. The molecule has 3 aliphatic rings. The molecular formula is C26H42N4O3S. The number of hydrogen-bond acceptors (Lipinski definition) is 8. The van der Waals surface area contributed by atoms with Crippen LogP contribution < -0.4 is 5.84 Å². The number of likely N-dealkylation sites (tertiary alicyclic amines) is 1. The van der Waals surface area contributed by atoms with Gasteiger partial charge >= 0.3 is 0 Å². The third-order valence-corrected chi connectivity index (χ3v) is 9.20. The van der Waals surface area contributed by atoms with Gasteiger partial charge in [0, 0.05) is 73.8 Å². The van der Waals surface area contributed by atoms with Crippen LogP contribution in [0.25, 0.3) is 0 Å². The first-order valence-corrected chi connectivity index (χ1v) is 13.8. The normalized spacial score (nSPS) is 28.0. The minimum atomic E-state index is -0.139. The molecule has 0 radical (unpaired) electrons. The Hall–Kier alpha value is -1.32. The summed E-state index contributed by atoms with van der Waals surface area (Å²) in [4.78, 5) is 10.1. The van der Waals surface area contributed by atoms with Crippen molar-refractivity contribution in [1.29, 1.82) is 0 Å². The first kappa shape index (κ1) is 25.8. The van der Waals surface area contributed by atoms with E-state index in [4.69, 9.17) is 15.3 Å². The molecular weight excluding hydrogens is 448 g/mol. The number of hydrogen-bond donors (Lipinski definition) is 2. The number of aliphatic imine (C=N–C) groups is 1. The molecule has 1 aromatic rings. The Morgan fingerprint density at radius 1 is 1.38 bits per heavy atom. The van der Waals surface area contributed by atoms with Crippen LogP contribution in [0.15, 0.2) is 16.2 Å². The summed E-state index contributed by atoms with van der Waals surface area (Å²) in [6, 6.07) is 2.77. The minimum absolute atomic E-state index is 0.139. The topological polar surface area (TPSA) is 92.7 Å². The standard InChI is InChI=1S/C26H42N4O3S/c1-3-23-13-24-25(34-23)6-11-33-26(24)7-8-30(19(2)14-26)17-22(29-27)16-28-15-21(18-31)12-20-4-9-32-10-5-20/h13,16,19-21,31H,3-12,14-15,17-18,27H2,1-2H3/b28-16?,29-22+/t19-,21?,26+/m0/s1. The van der Waals surface area contributed by atoms with Crippen molar-refractivity contribution >= 4 is 23.3 Å². The maximum absolute atomic E-state index is 9.80. The molecule has 8 heteroatoms. The second-order valence-electron chi connectivity index (χ2n) is 10.2. The van der Waals surface area contributed by atoms with Crippen LogP contribution >= 0.6 is 11.3 Å². The van der Waals surface area contributed by atoms with Gasteiger partial charge in [-0.1, -0.05) is 6.92 Å². The van der Waals surface area contributed by atoms with Crippen molar-refractivity contribution in [2.75, 3.05) is 46.1 Å². The summed E-state index contributed by atoms with van der Waals surface area (Å²) in [5, 5.41) is 13.8. The van der Waals surface area contributed by atoms with Crippen LogP contribution in [0, 0.1) is 11.8 Å². The van der Waals surface area contributed by atoms with E-state index in [0.717, 1.165) is 77.0 Å². The van der Waals surface area contributed by atoms with E-state index in [1.807, 2.05) is 17.6 Å². The predicted octanol–water partition coefficient (Wildman–Crippen LogP) is 3.37. The first-order chi connectivity index (χ1) is 16.6. The molecule has 190 valence electrons. The Bertz CT molecular complexity index is 851. The number of hydrazone groups is 1. The van der Waals surface area contributed by atoms with E-state index in [1.165, 1.54) is 15.3 Å². The summed E-state index contributed by atoms with van der Waals surface area (Å²) >= 11 is 1.97. The van der Waals surface area contributed by atoms with Crippen molar-refractivity contribution in [3.63, 3.8) is 0 Å². The molecule has 0 bridgehead atoms. The van der Waals surface area contributed by atoms with Crippen molar-refractivity contribution in [1.82, 2.24) is 4.90 Å². The Morgan fingerprint density at radius 3 is 2.91 bits per heavy atom. The molecule has 34 heavy (non-hydrogen) atoms. The van der Waals surface area contributed by atoms with Gasteiger partial charge in [0.25, 0.3) is 0 Å². The van der Waals surface area contributed by atoms with Crippen LogP contribution in [0.5, 0.6) is 0 Å². The van der Waals surface area contributed by atoms with Gasteiger partial charge < -0.3 is 20.4 Å². The van der Waals surface area contributed by atoms with E-state index in [-0.39, 0.29) is 18.1 Å². The largest absolute Gasteiger partial charge is 0.396 e. The lowest BCUT2D eigenvalue weighted by Gasteiger charge is -2.47. The highest BCUT2D eigenvalue weighted by Crippen LogP contribution is 2.46. The van der Waals surface area contributed by atoms with E-state index in [9.17, 15) is 5.11 Å². The zero-order chi connectivity index (χ0) is 24.0. The number of ether oxygens (including phenoxy) is 2. The molecule has 0 aromatic carbocycles. The number of aliphatic hydroxyl groups is 1. The lowest BCUT2D eigenvalue weighted by Crippen LogP contribution is -2.51. The van der Waals surface area contributed by atoms with Crippen molar-refractivity contribution in [2.45, 2.75) is 70.4 Å². The first-order valence-electron chi connectivity index (χ1n) is 13.0. The fourth-order valence-electron chi connectivity index (χ4n) is 5.80. The number of rotatable bonds is 9. The van der Waals surface area contributed by atoms with Gasteiger partial charge in [-0.15, -0.1) is 11.3 Å². The van der Waals surface area contributed by atoms with Crippen LogP contribution in [-0.4, -0.2) is 74.0 Å². The van der Waals surface area contributed by atoms with E-state index < -0.39 is 0 Å². The summed E-state index contributed by atoms with van der Waals surface area (Å²) in [7, 11) is 0. The zero-order valence-corrected chi connectivity index (χ0v) is 21.7. The van der Waals surface area contributed by atoms with Crippen LogP contribution in [-0.2, 0) is 27.9 Å². The molecule has 0 aliphatic carbocycles. The minimum Gasteiger partial charge on any atom is -0.396 e. The Morgan fingerprint density at radius 2 is 2.21 bits per heavy atom. The molecule has 4 rings (SSSR count). The quantitative estimate of drug-likeness (QED) is 0.315. The highest BCUT2D eigenvalue weighted by atomic mass is 32.1. The third kappa shape index (κ3) is 6.08. The Labute approximate surface area is 208 Å². The van der Waals surface area contributed by atoms with Crippen LogP contribution in [0.4, 0.5) is 0 Å². The number of thiophene rings is 1. The summed E-state index contributed by atoms with van der Waals surface area (Å²) in [6.45, 7) is 9.44. The number of aliphatic hydroxyl groups excluding tert-OH is 1. The smallest absolute Gasteiger partial charge is 0.0969 e. The van der Waals surface area contributed by atoms with Crippen molar-refractivity contribution < 1.29 is 14.6 Å². The van der Waals surface area contributed by atoms with Gasteiger partial charge in [0.2, 0.25) is 0 Å². The highest BCUT2D eigenvalue weighted by Gasteiger charge is 2.44. The van der Waals surface area contributed by atoms with Gasteiger partial charge in [-0.3, -0.25) is 9.89 Å². The van der Waals surface area contributed by atoms with Crippen LogP contribution in [0.2, 0.25) is 0 Å². The van der Waals surface area contributed by atoms with Crippen molar-refractivity contribution in [3.05, 3.63) is 21.4 Å². The van der Waals surface area contributed by atoms with E-state index in [2.05, 4.69) is 34.9 Å². The lowest BCUT2D eigenvalue weighted by atomic mass is 9.79. The summed E-state index contributed by atoms with van der Waals surface area (Å²) in [6.07, 6.45) is 9.11. The summed E-state index contributed by atoms with van der Waals surface area (Å²) in [5.41, 5.74) is 2.10. The van der Waals surface area contributed by atoms with E-state index in [0.29, 0.717) is 25.0 Å². The van der Waals surface area contributed by atoms with Crippen molar-refractivity contribution in [2.24, 2.45) is 27.8 Å². The third-order valence-electron chi connectivity index (χ3n) is 7.86. The second-order valence-corrected chi connectivity index (χ2v) is 11.4. The molecule has 2 fully saturated rings. The Balaban J connectivity index is 1.31. The van der Waals surface area contributed by atoms with Crippen LogP contribution in [0.3, 0.4) is 0 Å². The maximum Gasteiger partial charge on any atom is 0.0969 e. The molecule has 0 saturated carbocycles. The number of piperidine rings is 1. The van der Waals surface area contributed by atoms with Gasteiger partial charge in [0.1, 0.15) is 0 Å². The van der Waals surface area contributed by atoms with Crippen LogP contribution in [0.1, 0.15) is 61.3 Å². The number of nitrogens with zero attached hydrogens (tertiary/aromatic N) is 3. The molecule has 3 N–H and O–H groups in total. The van der Waals surface area contributed by atoms with Gasteiger partial charge in [-0.2, -0.15) is 5.10 Å². The summed E-state index contributed by atoms with van der Waals surface area (Å²) in [5.74, 6) is 6.55. The molecule has 1 spiro atoms. The maximum atomic E-state index is 9.80. The molecule has 3 aliphatic heterocycles. The zero-order valence-electron chi connectivity index (χ0n) is 20.9. The average molecular weight is 491 g/mol. The molecule has 1 unspecified atom stereocenters. The van der Waals surface area contributed by atoms with E-state index >= 15 is 0 Å². The SMILES string of the molecule is CCc1cc2c(s1)CCO[C@@]21CCN(C/C(C=NCC(CO)CC2CCOCC2)=N/N)[C@@H](C)C1. The molecule has 1 aromatic heterocycles.